The highest BCUT2D eigenvalue weighted by molar-refractivity contribution is 5.79. The Balaban J connectivity index is 2.47. The Morgan fingerprint density at radius 2 is 1.85 bits per heavy atom. The third kappa shape index (κ3) is 5.75. The predicted molar refractivity (Wildman–Crippen MR) is 76.0 cm³/mol. The van der Waals surface area contributed by atoms with Crippen molar-refractivity contribution in [3.05, 3.63) is 0 Å². The minimum atomic E-state index is -0.664. The smallest absolute Gasteiger partial charge is 0.410 e. The van der Waals surface area contributed by atoms with Crippen molar-refractivity contribution in [2.45, 2.75) is 38.8 Å². The first-order chi connectivity index (χ1) is 9.19. The zero-order valence-electron chi connectivity index (χ0n) is 12.6. The molecule has 1 fully saturated rings. The number of hydrogen-bond acceptors (Lipinski definition) is 5. The molecule has 0 radical (unpaired) electrons. The number of nitrogens with zero attached hydrogens (tertiary/aromatic N) is 2. The lowest BCUT2D eigenvalue weighted by atomic mass is 10.2. The fraction of sp³-hybridized carbons (Fsp3) is 0.846. The van der Waals surface area contributed by atoms with Crippen LogP contribution >= 0.6 is 0 Å². The van der Waals surface area contributed by atoms with Crippen molar-refractivity contribution in [1.82, 2.24) is 9.80 Å². The highest BCUT2D eigenvalue weighted by Crippen LogP contribution is 2.12. The summed E-state index contributed by atoms with van der Waals surface area (Å²) in [4.78, 5) is 26.7. The SMILES string of the molecule is CC(C)(C)OC(=O)N1CCCN(CC(N)C(N)=O)CC1. The van der Waals surface area contributed by atoms with Gasteiger partial charge in [-0.15, -0.1) is 0 Å². The maximum atomic E-state index is 12.0. The summed E-state index contributed by atoms with van der Waals surface area (Å²) in [5, 5.41) is 0. The second-order valence-electron chi connectivity index (χ2n) is 6.13. The molecule has 1 aliphatic rings. The lowest BCUT2D eigenvalue weighted by molar-refractivity contribution is -0.119. The molecule has 1 saturated heterocycles. The first-order valence-corrected chi connectivity index (χ1v) is 6.94. The van der Waals surface area contributed by atoms with Crippen LogP contribution in [-0.2, 0) is 9.53 Å². The van der Waals surface area contributed by atoms with Crippen molar-refractivity contribution in [2.24, 2.45) is 11.5 Å². The summed E-state index contributed by atoms with van der Waals surface area (Å²) in [6.45, 7) is 8.65. The van der Waals surface area contributed by atoms with E-state index in [2.05, 4.69) is 4.90 Å². The second-order valence-corrected chi connectivity index (χ2v) is 6.13. The molecule has 0 bridgehead atoms. The van der Waals surface area contributed by atoms with E-state index in [9.17, 15) is 9.59 Å². The average molecular weight is 286 g/mol. The summed E-state index contributed by atoms with van der Waals surface area (Å²) in [6, 6.07) is -0.664. The predicted octanol–water partition coefficient (Wildman–Crippen LogP) is -0.258. The quantitative estimate of drug-likeness (QED) is 0.744. The highest BCUT2D eigenvalue weighted by atomic mass is 16.6. The average Bonchev–Trinajstić information content (AvgIpc) is 2.52. The van der Waals surface area contributed by atoms with Gasteiger partial charge in [-0.1, -0.05) is 0 Å². The molecule has 7 heteroatoms. The minimum absolute atomic E-state index is 0.293. The van der Waals surface area contributed by atoms with Crippen molar-refractivity contribution in [3.63, 3.8) is 0 Å². The summed E-state index contributed by atoms with van der Waals surface area (Å²) in [7, 11) is 0. The molecule has 7 nitrogen and oxygen atoms in total. The summed E-state index contributed by atoms with van der Waals surface area (Å²) in [6.07, 6.45) is 0.531. The van der Waals surface area contributed by atoms with Crippen LogP contribution in [0.2, 0.25) is 0 Å². The van der Waals surface area contributed by atoms with E-state index in [1.165, 1.54) is 0 Å². The zero-order valence-corrected chi connectivity index (χ0v) is 12.6. The molecule has 1 aliphatic heterocycles. The Kier molecular flexibility index (Phi) is 5.76. The van der Waals surface area contributed by atoms with Gasteiger partial charge in [0.2, 0.25) is 5.91 Å². The molecular weight excluding hydrogens is 260 g/mol. The van der Waals surface area contributed by atoms with Gasteiger partial charge in [0.05, 0.1) is 6.04 Å². The van der Waals surface area contributed by atoms with Gasteiger partial charge in [-0.3, -0.25) is 9.69 Å². The molecule has 20 heavy (non-hydrogen) atoms. The zero-order chi connectivity index (χ0) is 15.3. The highest BCUT2D eigenvalue weighted by Gasteiger charge is 2.25. The molecule has 0 aromatic rings. The van der Waals surface area contributed by atoms with Gasteiger partial charge in [0.15, 0.2) is 0 Å². The van der Waals surface area contributed by atoms with Crippen molar-refractivity contribution < 1.29 is 14.3 Å². The molecule has 0 saturated carbocycles. The Bertz CT molecular complexity index is 354. The van der Waals surface area contributed by atoms with Crippen molar-refractivity contribution in [3.8, 4) is 0 Å². The van der Waals surface area contributed by atoms with Crippen LogP contribution in [0.4, 0.5) is 4.79 Å². The summed E-state index contributed by atoms with van der Waals surface area (Å²) in [5.41, 5.74) is 10.3. The molecule has 0 aromatic heterocycles. The van der Waals surface area contributed by atoms with Gasteiger partial charge in [-0.2, -0.15) is 0 Å². The Labute approximate surface area is 120 Å². The van der Waals surface area contributed by atoms with Gasteiger partial charge in [-0.05, 0) is 33.7 Å². The van der Waals surface area contributed by atoms with Crippen molar-refractivity contribution >= 4 is 12.0 Å². The number of amides is 2. The van der Waals surface area contributed by atoms with Gasteiger partial charge >= 0.3 is 6.09 Å². The van der Waals surface area contributed by atoms with Gasteiger partial charge in [0, 0.05) is 26.2 Å². The van der Waals surface area contributed by atoms with Crippen LogP contribution in [0, 0.1) is 0 Å². The lowest BCUT2D eigenvalue weighted by Gasteiger charge is -2.26. The van der Waals surface area contributed by atoms with E-state index in [1.54, 1.807) is 4.90 Å². The molecule has 1 heterocycles. The topological polar surface area (TPSA) is 102 Å². The standard InChI is InChI=1S/C13H26N4O3/c1-13(2,3)20-12(19)17-6-4-5-16(7-8-17)9-10(14)11(15)18/h10H,4-9,14H2,1-3H3,(H2,15,18). The number of nitrogens with two attached hydrogens (primary N) is 2. The molecule has 2 amide bonds. The van der Waals surface area contributed by atoms with Crippen LogP contribution in [-0.4, -0.2) is 66.2 Å². The van der Waals surface area contributed by atoms with Crippen molar-refractivity contribution in [1.29, 1.82) is 0 Å². The number of primary amides is 1. The Morgan fingerprint density at radius 1 is 1.20 bits per heavy atom. The maximum absolute atomic E-state index is 12.0. The summed E-state index contributed by atoms with van der Waals surface area (Å²) >= 11 is 0. The normalized spacial score (nSPS) is 19.3. The first kappa shape index (κ1) is 16.7. The van der Waals surface area contributed by atoms with E-state index in [-0.39, 0.29) is 6.09 Å². The van der Waals surface area contributed by atoms with E-state index in [1.807, 2.05) is 20.8 Å². The van der Waals surface area contributed by atoms with Gasteiger partial charge in [0.1, 0.15) is 5.60 Å². The lowest BCUT2D eigenvalue weighted by Crippen LogP contribution is -2.47. The molecular formula is C13H26N4O3. The summed E-state index contributed by atoms with van der Waals surface area (Å²) in [5.74, 6) is -0.502. The van der Waals surface area contributed by atoms with Crippen LogP contribution in [0.15, 0.2) is 0 Å². The van der Waals surface area contributed by atoms with E-state index < -0.39 is 17.6 Å². The third-order valence-electron chi connectivity index (χ3n) is 3.06. The van der Waals surface area contributed by atoms with E-state index >= 15 is 0 Å². The number of ether oxygens (including phenoxy) is 1. The number of carbonyl (C=O) groups is 2. The van der Waals surface area contributed by atoms with E-state index in [0.29, 0.717) is 26.2 Å². The molecule has 0 aromatic carbocycles. The molecule has 1 atom stereocenters. The number of carbonyl (C=O) groups excluding carboxylic acids is 2. The Hall–Kier alpha value is -1.34. The largest absolute Gasteiger partial charge is 0.444 e. The van der Waals surface area contributed by atoms with Crippen LogP contribution in [0.3, 0.4) is 0 Å². The van der Waals surface area contributed by atoms with E-state index in [4.69, 9.17) is 16.2 Å². The van der Waals surface area contributed by atoms with Crippen LogP contribution in [0.5, 0.6) is 0 Å². The molecule has 116 valence electrons. The number of rotatable bonds is 3. The van der Waals surface area contributed by atoms with Crippen LogP contribution < -0.4 is 11.5 Å². The Morgan fingerprint density at radius 3 is 2.40 bits per heavy atom. The van der Waals surface area contributed by atoms with Gasteiger partial charge in [-0.25, -0.2) is 4.79 Å². The van der Waals surface area contributed by atoms with Crippen LogP contribution in [0.1, 0.15) is 27.2 Å². The molecule has 0 spiro atoms. The second kappa shape index (κ2) is 6.90. The number of hydrogen-bond donors (Lipinski definition) is 2. The molecule has 4 N–H and O–H groups in total. The fourth-order valence-corrected chi connectivity index (χ4v) is 2.03. The van der Waals surface area contributed by atoms with Crippen molar-refractivity contribution in [2.75, 3.05) is 32.7 Å². The molecule has 0 aliphatic carbocycles. The summed E-state index contributed by atoms with van der Waals surface area (Å²) < 4.78 is 5.36. The van der Waals surface area contributed by atoms with Crippen LogP contribution in [0.25, 0.3) is 0 Å². The minimum Gasteiger partial charge on any atom is -0.444 e. The monoisotopic (exact) mass is 286 g/mol. The van der Waals surface area contributed by atoms with E-state index in [0.717, 1.165) is 13.0 Å². The maximum Gasteiger partial charge on any atom is 0.410 e. The third-order valence-corrected chi connectivity index (χ3v) is 3.06. The fourth-order valence-electron chi connectivity index (χ4n) is 2.03. The molecule has 1 unspecified atom stereocenters. The molecule has 1 rings (SSSR count). The van der Waals surface area contributed by atoms with Gasteiger partial charge in [0.25, 0.3) is 0 Å². The first-order valence-electron chi connectivity index (χ1n) is 6.94. The van der Waals surface area contributed by atoms with Gasteiger partial charge < -0.3 is 21.1 Å².